The molecule has 3 nitrogen and oxygen atoms in total. The lowest BCUT2D eigenvalue weighted by molar-refractivity contribution is -0.275. The van der Waals surface area contributed by atoms with Gasteiger partial charge in [0.25, 0.3) is 0 Å². The molecule has 19 heavy (non-hydrogen) atoms. The van der Waals surface area contributed by atoms with Crippen LogP contribution in [0, 0.1) is 5.82 Å². The smallest absolute Gasteiger partial charge is 0.403 e. The van der Waals surface area contributed by atoms with Crippen LogP contribution in [-0.2, 0) is 0 Å². The molecule has 0 aliphatic heterocycles. The van der Waals surface area contributed by atoms with Gasteiger partial charge in [-0.2, -0.15) is 12.6 Å². The van der Waals surface area contributed by atoms with Crippen LogP contribution in [0.4, 0.5) is 17.6 Å². The number of rotatable bonds is 5. The number of thiol groups is 1. The van der Waals surface area contributed by atoms with Crippen LogP contribution >= 0.6 is 12.6 Å². The Morgan fingerprint density at radius 3 is 2.37 bits per heavy atom. The van der Waals surface area contributed by atoms with E-state index < -0.39 is 30.1 Å². The average Bonchev–Trinajstić information content (AvgIpc) is 2.29. The molecule has 2 atom stereocenters. The zero-order valence-electron chi connectivity index (χ0n) is 9.56. The van der Waals surface area contributed by atoms with Crippen LogP contribution in [0.3, 0.4) is 0 Å². The summed E-state index contributed by atoms with van der Waals surface area (Å²) in [6, 6.07) is 2.48. The predicted molar refractivity (Wildman–Crippen MR) is 62.5 cm³/mol. The fraction of sp³-hybridized carbons (Fsp3) is 0.455. The largest absolute Gasteiger partial charge is 0.573 e. The number of aliphatic hydroxyl groups is 2. The van der Waals surface area contributed by atoms with E-state index >= 15 is 0 Å². The standard InChI is InChI=1S/C11H12F4O3S/c12-7-5-6(10(17)8(16)3-4-19)1-2-9(7)18-11(13,14)15/h1-2,5,8,10,16-17,19H,3-4H2. The number of halogens is 4. The first kappa shape index (κ1) is 16.1. The highest BCUT2D eigenvalue weighted by molar-refractivity contribution is 7.80. The van der Waals surface area contributed by atoms with Gasteiger partial charge in [0.1, 0.15) is 6.10 Å². The molecule has 1 aromatic carbocycles. The first-order valence-corrected chi connectivity index (χ1v) is 5.90. The van der Waals surface area contributed by atoms with E-state index in [1.165, 1.54) is 0 Å². The minimum Gasteiger partial charge on any atom is -0.403 e. The lowest BCUT2D eigenvalue weighted by Gasteiger charge is -2.18. The molecule has 8 heteroatoms. The second kappa shape index (κ2) is 6.44. The predicted octanol–water partition coefficient (Wildman–Crippen LogP) is 2.44. The molecule has 0 bridgehead atoms. The number of hydrogen-bond donors (Lipinski definition) is 3. The van der Waals surface area contributed by atoms with Crippen molar-refractivity contribution in [2.45, 2.75) is 25.0 Å². The molecule has 108 valence electrons. The minimum absolute atomic E-state index is 0.0405. The molecule has 0 aliphatic carbocycles. The molecule has 2 N–H and O–H groups in total. The summed E-state index contributed by atoms with van der Waals surface area (Å²) in [5.41, 5.74) is -0.0405. The van der Waals surface area contributed by atoms with E-state index in [-0.39, 0.29) is 12.0 Å². The minimum atomic E-state index is -4.99. The molecule has 0 heterocycles. The lowest BCUT2D eigenvalue weighted by atomic mass is 10.0. The summed E-state index contributed by atoms with van der Waals surface area (Å²) in [5, 5.41) is 19.1. The Balaban J connectivity index is 2.87. The van der Waals surface area contributed by atoms with Gasteiger partial charge in [0.2, 0.25) is 0 Å². The normalized spacial score (nSPS) is 15.1. The molecule has 0 fully saturated rings. The third kappa shape index (κ3) is 4.88. The van der Waals surface area contributed by atoms with E-state index in [1.54, 1.807) is 0 Å². The Bertz CT molecular complexity index is 425. The maximum Gasteiger partial charge on any atom is 0.573 e. The highest BCUT2D eigenvalue weighted by atomic mass is 32.1. The summed E-state index contributed by atoms with van der Waals surface area (Å²) in [6.45, 7) is 0. The topological polar surface area (TPSA) is 49.7 Å². The highest BCUT2D eigenvalue weighted by Gasteiger charge is 2.32. The van der Waals surface area contributed by atoms with Gasteiger partial charge in [-0.15, -0.1) is 13.2 Å². The van der Waals surface area contributed by atoms with Crippen molar-refractivity contribution in [3.8, 4) is 5.75 Å². The molecular weight excluding hydrogens is 288 g/mol. The van der Waals surface area contributed by atoms with Crippen LogP contribution in [0.25, 0.3) is 0 Å². The maximum absolute atomic E-state index is 13.4. The van der Waals surface area contributed by atoms with Crippen LogP contribution in [0.15, 0.2) is 18.2 Å². The third-order valence-electron chi connectivity index (χ3n) is 2.31. The molecule has 0 spiro atoms. The summed E-state index contributed by atoms with van der Waals surface area (Å²) in [4.78, 5) is 0. The average molecular weight is 300 g/mol. The van der Waals surface area contributed by atoms with Gasteiger partial charge < -0.3 is 14.9 Å². The van der Waals surface area contributed by atoms with E-state index in [9.17, 15) is 27.8 Å². The molecule has 0 radical (unpaired) electrons. The number of benzene rings is 1. The molecule has 0 amide bonds. The van der Waals surface area contributed by atoms with Gasteiger partial charge in [0.05, 0.1) is 6.10 Å². The SMILES string of the molecule is OC(CCS)C(O)c1ccc(OC(F)(F)F)c(F)c1. The Kier molecular flexibility index (Phi) is 5.45. The quantitative estimate of drug-likeness (QED) is 0.578. The molecule has 1 rings (SSSR count). The summed E-state index contributed by atoms with van der Waals surface area (Å²) in [5.74, 6) is -1.96. The Morgan fingerprint density at radius 1 is 1.26 bits per heavy atom. The Morgan fingerprint density at radius 2 is 1.89 bits per heavy atom. The third-order valence-corrected chi connectivity index (χ3v) is 2.57. The van der Waals surface area contributed by atoms with E-state index in [0.29, 0.717) is 11.8 Å². The second-order valence-electron chi connectivity index (χ2n) is 3.76. The Labute approximate surface area is 112 Å². The number of aliphatic hydroxyl groups excluding tert-OH is 2. The van der Waals surface area contributed by atoms with Gasteiger partial charge in [-0.05, 0) is 29.9 Å². The fourth-order valence-electron chi connectivity index (χ4n) is 1.42. The zero-order valence-corrected chi connectivity index (χ0v) is 10.5. The van der Waals surface area contributed by atoms with Crippen LogP contribution in [0.1, 0.15) is 18.1 Å². The summed E-state index contributed by atoms with van der Waals surface area (Å²) in [7, 11) is 0. The van der Waals surface area contributed by atoms with Gasteiger partial charge in [-0.25, -0.2) is 4.39 Å². The summed E-state index contributed by atoms with van der Waals surface area (Å²) < 4.78 is 52.6. The molecule has 0 aromatic heterocycles. The second-order valence-corrected chi connectivity index (χ2v) is 4.21. The van der Waals surface area contributed by atoms with Crippen LogP contribution in [-0.4, -0.2) is 28.4 Å². The first-order chi connectivity index (χ1) is 8.74. The van der Waals surface area contributed by atoms with Gasteiger partial charge in [0.15, 0.2) is 11.6 Å². The van der Waals surface area contributed by atoms with Crippen molar-refractivity contribution in [3.63, 3.8) is 0 Å². The number of hydrogen-bond acceptors (Lipinski definition) is 4. The maximum atomic E-state index is 13.4. The fourth-order valence-corrected chi connectivity index (χ4v) is 1.69. The van der Waals surface area contributed by atoms with E-state index in [2.05, 4.69) is 17.4 Å². The van der Waals surface area contributed by atoms with Crippen molar-refractivity contribution in [2.75, 3.05) is 5.75 Å². The highest BCUT2D eigenvalue weighted by Crippen LogP contribution is 2.28. The monoisotopic (exact) mass is 300 g/mol. The van der Waals surface area contributed by atoms with Crippen molar-refractivity contribution >= 4 is 12.6 Å². The van der Waals surface area contributed by atoms with Gasteiger partial charge >= 0.3 is 6.36 Å². The van der Waals surface area contributed by atoms with Crippen molar-refractivity contribution in [3.05, 3.63) is 29.6 Å². The van der Waals surface area contributed by atoms with Crippen molar-refractivity contribution in [1.29, 1.82) is 0 Å². The molecule has 0 saturated carbocycles. The van der Waals surface area contributed by atoms with Crippen LogP contribution in [0.2, 0.25) is 0 Å². The van der Waals surface area contributed by atoms with Crippen LogP contribution < -0.4 is 4.74 Å². The zero-order chi connectivity index (χ0) is 14.6. The van der Waals surface area contributed by atoms with Gasteiger partial charge in [0, 0.05) is 0 Å². The van der Waals surface area contributed by atoms with Crippen LogP contribution in [0.5, 0.6) is 5.75 Å². The van der Waals surface area contributed by atoms with Crippen molar-refractivity contribution in [2.24, 2.45) is 0 Å². The summed E-state index contributed by atoms with van der Waals surface area (Å²) >= 11 is 3.86. The molecule has 2 unspecified atom stereocenters. The van der Waals surface area contributed by atoms with E-state index in [0.717, 1.165) is 12.1 Å². The molecule has 0 aliphatic rings. The number of ether oxygens (including phenoxy) is 1. The molecular formula is C11H12F4O3S. The van der Waals surface area contributed by atoms with E-state index in [4.69, 9.17) is 0 Å². The Hall–Kier alpha value is -0.990. The van der Waals surface area contributed by atoms with Gasteiger partial charge in [-0.1, -0.05) is 6.07 Å². The summed E-state index contributed by atoms with van der Waals surface area (Å²) in [6.07, 6.45) is -7.41. The van der Waals surface area contributed by atoms with E-state index in [1.807, 2.05) is 0 Å². The van der Waals surface area contributed by atoms with Gasteiger partial charge in [-0.3, -0.25) is 0 Å². The molecule has 0 saturated heterocycles. The number of alkyl halides is 3. The van der Waals surface area contributed by atoms with Crippen molar-refractivity contribution < 1.29 is 32.5 Å². The lowest BCUT2D eigenvalue weighted by Crippen LogP contribution is -2.20. The first-order valence-electron chi connectivity index (χ1n) is 5.27. The molecule has 1 aromatic rings. The van der Waals surface area contributed by atoms with Crippen molar-refractivity contribution in [1.82, 2.24) is 0 Å².